The number of carbonyl (C=O) groups is 2. The fraction of sp³-hybridized carbons (Fsp3) is 0.269. The summed E-state index contributed by atoms with van der Waals surface area (Å²) in [7, 11) is 0. The van der Waals surface area contributed by atoms with Gasteiger partial charge in [0, 0.05) is 67.5 Å². The monoisotopic (exact) mass is 547 g/mol. The molecule has 2 aliphatic heterocycles. The molecule has 0 bridgehead atoms. The van der Waals surface area contributed by atoms with Gasteiger partial charge in [-0.15, -0.1) is 0 Å². The maximum Gasteiger partial charge on any atom is 0.414 e. The SMILES string of the molecule is O=C(NC[C@H]1CN(c2ccc(N3CCN(c4ncccc4[N+](=O)[O-])CC3)cc2)C(=O)O1)c1cccc([N+](=O)[O-])c1. The number of amides is 2. The Balaban J connectivity index is 1.15. The summed E-state index contributed by atoms with van der Waals surface area (Å²) in [4.78, 5) is 55.9. The number of carbonyl (C=O) groups excluding carboxylic acids is 2. The van der Waals surface area contributed by atoms with Gasteiger partial charge in [0.15, 0.2) is 0 Å². The zero-order valence-corrected chi connectivity index (χ0v) is 21.2. The molecular formula is C26H25N7O7. The first-order valence-corrected chi connectivity index (χ1v) is 12.5. The quantitative estimate of drug-likeness (QED) is 0.327. The number of nitrogens with one attached hydrogen (secondary N) is 1. The number of nitrogens with zero attached hydrogens (tertiary/aromatic N) is 6. The smallest absolute Gasteiger partial charge is 0.414 e. The van der Waals surface area contributed by atoms with E-state index in [0.29, 0.717) is 37.7 Å². The molecule has 1 aromatic heterocycles. The topological polar surface area (TPSA) is 164 Å². The molecule has 3 heterocycles. The number of nitro benzene ring substituents is 1. The molecule has 0 unspecified atom stereocenters. The van der Waals surface area contributed by atoms with Crippen LogP contribution in [0, 0.1) is 20.2 Å². The highest BCUT2D eigenvalue weighted by Gasteiger charge is 2.33. The number of non-ortho nitro benzene ring substituents is 1. The molecule has 2 saturated heterocycles. The van der Waals surface area contributed by atoms with Gasteiger partial charge in [0.1, 0.15) is 6.10 Å². The van der Waals surface area contributed by atoms with Crippen LogP contribution in [0.5, 0.6) is 0 Å². The zero-order chi connectivity index (χ0) is 28.2. The van der Waals surface area contributed by atoms with Gasteiger partial charge in [-0.25, -0.2) is 9.78 Å². The number of pyridine rings is 1. The van der Waals surface area contributed by atoms with Gasteiger partial charge in [-0.3, -0.25) is 29.9 Å². The minimum Gasteiger partial charge on any atom is -0.442 e. The Bertz CT molecular complexity index is 1440. The number of piperazine rings is 1. The molecule has 2 aromatic carbocycles. The molecule has 1 atom stereocenters. The molecule has 0 spiro atoms. The van der Waals surface area contributed by atoms with Gasteiger partial charge >= 0.3 is 11.8 Å². The number of anilines is 3. The maximum absolute atomic E-state index is 12.5. The Kier molecular flexibility index (Phi) is 7.39. The van der Waals surface area contributed by atoms with E-state index in [1.54, 1.807) is 12.3 Å². The van der Waals surface area contributed by atoms with Crippen molar-refractivity contribution in [2.24, 2.45) is 0 Å². The zero-order valence-electron chi connectivity index (χ0n) is 21.2. The van der Waals surface area contributed by atoms with Gasteiger partial charge in [0.05, 0.1) is 22.9 Å². The van der Waals surface area contributed by atoms with Gasteiger partial charge in [-0.1, -0.05) is 6.07 Å². The van der Waals surface area contributed by atoms with E-state index in [0.717, 1.165) is 5.69 Å². The predicted molar refractivity (Wildman–Crippen MR) is 145 cm³/mol. The molecule has 14 nitrogen and oxygen atoms in total. The molecule has 40 heavy (non-hydrogen) atoms. The summed E-state index contributed by atoms with van der Waals surface area (Å²) in [5.74, 6) is -0.133. The second kappa shape index (κ2) is 11.2. The van der Waals surface area contributed by atoms with Crippen molar-refractivity contribution in [1.82, 2.24) is 10.3 Å². The number of hydrogen-bond acceptors (Lipinski definition) is 10. The average molecular weight is 548 g/mol. The van der Waals surface area contributed by atoms with E-state index in [9.17, 15) is 29.8 Å². The molecule has 14 heteroatoms. The van der Waals surface area contributed by atoms with E-state index in [4.69, 9.17) is 4.74 Å². The summed E-state index contributed by atoms with van der Waals surface area (Å²) in [6.45, 7) is 2.72. The summed E-state index contributed by atoms with van der Waals surface area (Å²) in [6.07, 6.45) is 0.429. The molecule has 3 aromatic rings. The third-order valence-electron chi connectivity index (χ3n) is 6.75. The molecule has 1 N–H and O–H groups in total. The predicted octanol–water partition coefficient (Wildman–Crippen LogP) is 2.98. The second-order valence-electron chi connectivity index (χ2n) is 9.23. The number of hydrogen-bond donors (Lipinski definition) is 1. The fourth-order valence-corrected chi connectivity index (χ4v) is 4.70. The lowest BCUT2D eigenvalue weighted by Crippen LogP contribution is -2.47. The maximum atomic E-state index is 12.5. The Morgan fingerprint density at radius 1 is 0.950 bits per heavy atom. The minimum atomic E-state index is -0.585. The summed E-state index contributed by atoms with van der Waals surface area (Å²) in [5, 5.41) is 24.9. The highest BCUT2D eigenvalue weighted by Crippen LogP contribution is 2.29. The van der Waals surface area contributed by atoms with Crippen molar-refractivity contribution in [2.75, 3.05) is 54.0 Å². The molecule has 0 aliphatic carbocycles. The number of aromatic nitrogens is 1. The Morgan fingerprint density at radius 2 is 1.65 bits per heavy atom. The Labute approximate surface area is 228 Å². The van der Waals surface area contributed by atoms with Crippen molar-refractivity contribution in [2.45, 2.75) is 6.10 Å². The normalized spacial score (nSPS) is 16.9. The first-order chi connectivity index (χ1) is 19.3. The fourth-order valence-electron chi connectivity index (χ4n) is 4.70. The van der Waals surface area contributed by atoms with Crippen LogP contribution in [0.3, 0.4) is 0 Å². The minimum absolute atomic E-state index is 0.0142. The highest BCUT2D eigenvalue weighted by atomic mass is 16.6. The summed E-state index contributed by atoms with van der Waals surface area (Å²) < 4.78 is 5.40. The summed E-state index contributed by atoms with van der Waals surface area (Å²) in [5.41, 5.74) is 1.54. The molecule has 206 valence electrons. The summed E-state index contributed by atoms with van der Waals surface area (Å²) in [6, 6.07) is 15.8. The van der Waals surface area contributed by atoms with E-state index < -0.39 is 28.0 Å². The third kappa shape index (κ3) is 5.60. The third-order valence-corrected chi connectivity index (χ3v) is 6.75. The first-order valence-electron chi connectivity index (χ1n) is 12.5. The van der Waals surface area contributed by atoms with Crippen LogP contribution in [0.1, 0.15) is 10.4 Å². The van der Waals surface area contributed by atoms with Gasteiger partial charge in [0.25, 0.3) is 11.6 Å². The number of nitro groups is 2. The second-order valence-corrected chi connectivity index (χ2v) is 9.23. The van der Waals surface area contributed by atoms with Crippen LogP contribution in [-0.2, 0) is 4.74 Å². The van der Waals surface area contributed by atoms with Crippen LogP contribution in [0.25, 0.3) is 0 Å². The van der Waals surface area contributed by atoms with Crippen LogP contribution in [0.2, 0.25) is 0 Å². The lowest BCUT2D eigenvalue weighted by atomic mass is 10.2. The highest BCUT2D eigenvalue weighted by molar-refractivity contribution is 5.95. The van der Waals surface area contributed by atoms with E-state index in [-0.39, 0.29) is 30.0 Å². The number of cyclic esters (lactones) is 1. The number of benzene rings is 2. The Hall–Kier alpha value is -5.27. The lowest BCUT2D eigenvalue weighted by Gasteiger charge is -2.36. The lowest BCUT2D eigenvalue weighted by molar-refractivity contribution is -0.384. The average Bonchev–Trinajstić information content (AvgIpc) is 3.36. The van der Waals surface area contributed by atoms with Crippen LogP contribution in [-0.4, -0.2) is 72.2 Å². The molecule has 0 radical (unpaired) electrons. The van der Waals surface area contributed by atoms with E-state index in [2.05, 4.69) is 15.2 Å². The number of rotatable bonds is 8. The van der Waals surface area contributed by atoms with E-state index >= 15 is 0 Å². The molecule has 2 aliphatic rings. The van der Waals surface area contributed by atoms with Crippen molar-refractivity contribution in [3.63, 3.8) is 0 Å². The molecular weight excluding hydrogens is 522 g/mol. The van der Waals surface area contributed by atoms with E-state index in [1.165, 1.54) is 35.2 Å². The van der Waals surface area contributed by atoms with Crippen molar-refractivity contribution >= 4 is 40.6 Å². The van der Waals surface area contributed by atoms with Crippen molar-refractivity contribution in [1.29, 1.82) is 0 Å². The Morgan fingerprint density at radius 3 is 2.35 bits per heavy atom. The van der Waals surface area contributed by atoms with Gasteiger partial charge in [-0.05, 0) is 36.4 Å². The molecule has 2 amide bonds. The van der Waals surface area contributed by atoms with E-state index in [1.807, 2.05) is 29.2 Å². The molecule has 5 rings (SSSR count). The van der Waals surface area contributed by atoms with Crippen LogP contribution in [0.15, 0.2) is 66.9 Å². The molecule has 0 saturated carbocycles. The van der Waals surface area contributed by atoms with Crippen molar-refractivity contribution < 1.29 is 24.2 Å². The standard InChI is InChI=1S/C26H25N7O7/c34-25(18-3-1-4-21(15-18)32(36)37)28-16-22-17-31(26(35)40-22)20-8-6-19(7-9-20)29-11-13-30(14-12-29)24-23(33(38)39)5-2-10-27-24/h1-10,15,22H,11-14,16-17H2,(H,28,34)/t22-/m0/s1. The van der Waals surface area contributed by atoms with Crippen LogP contribution in [0.4, 0.5) is 33.4 Å². The van der Waals surface area contributed by atoms with Gasteiger partial charge in [0.2, 0.25) is 5.82 Å². The van der Waals surface area contributed by atoms with Crippen molar-refractivity contribution in [3.8, 4) is 0 Å². The van der Waals surface area contributed by atoms with Crippen molar-refractivity contribution in [3.05, 3.63) is 92.7 Å². The van der Waals surface area contributed by atoms with Gasteiger partial charge in [-0.2, -0.15) is 0 Å². The number of ether oxygens (including phenoxy) is 1. The first kappa shape index (κ1) is 26.3. The summed E-state index contributed by atoms with van der Waals surface area (Å²) >= 11 is 0. The molecule has 2 fully saturated rings. The largest absolute Gasteiger partial charge is 0.442 e. The van der Waals surface area contributed by atoms with Crippen LogP contribution >= 0.6 is 0 Å². The van der Waals surface area contributed by atoms with Crippen LogP contribution < -0.4 is 20.0 Å². The van der Waals surface area contributed by atoms with Gasteiger partial charge < -0.3 is 19.9 Å².